The fraction of sp³-hybridized carbons (Fsp3) is 0.300. The van der Waals surface area contributed by atoms with Crippen LogP contribution in [0, 0.1) is 0 Å². The molecule has 0 aliphatic rings. The normalized spacial score (nSPS) is 10.3. The molecule has 0 bridgehead atoms. The molecule has 0 aromatic heterocycles. The highest BCUT2D eigenvalue weighted by Crippen LogP contribution is 1.94. The van der Waals surface area contributed by atoms with Crippen LogP contribution in [0.4, 0.5) is 0 Å². The highest BCUT2D eigenvalue weighted by atomic mass is 16.2. The Bertz CT molecular complexity index is 205. The fourth-order valence-electron chi connectivity index (χ4n) is 0.520. The highest BCUT2D eigenvalue weighted by molar-refractivity contribution is 5.95. The molecular formula is C10H18N2O. The number of hydrazine groups is 1. The van der Waals surface area contributed by atoms with Crippen molar-refractivity contribution in [2.24, 2.45) is 5.84 Å². The van der Waals surface area contributed by atoms with Gasteiger partial charge in [0.05, 0.1) is 0 Å². The van der Waals surface area contributed by atoms with Gasteiger partial charge in [-0.3, -0.25) is 10.2 Å². The minimum absolute atomic E-state index is 0.335. The molecule has 0 atom stereocenters. The first-order valence-electron chi connectivity index (χ1n) is 4.22. The molecule has 0 radical (unpaired) electrons. The molecule has 0 saturated carbocycles. The SMILES string of the molecule is C=C/C(=C\C=C/C)C(=O)NN.CC. The lowest BCUT2D eigenvalue weighted by atomic mass is 10.2. The van der Waals surface area contributed by atoms with Crippen LogP contribution in [0.3, 0.4) is 0 Å². The molecule has 3 nitrogen and oxygen atoms in total. The summed E-state index contributed by atoms with van der Waals surface area (Å²) in [5, 5.41) is 0. The summed E-state index contributed by atoms with van der Waals surface area (Å²) >= 11 is 0. The minimum Gasteiger partial charge on any atom is -0.290 e. The Balaban J connectivity index is 0. The average Bonchev–Trinajstić information content (AvgIpc) is 2.21. The van der Waals surface area contributed by atoms with Crippen LogP contribution < -0.4 is 11.3 Å². The van der Waals surface area contributed by atoms with Crippen molar-refractivity contribution in [1.29, 1.82) is 0 Å². The third-order valence-electron chi connectivity index (χ3n) is 1.08. The highest BCUT2D eigenvalue weighted by Gasteiger charge is 1.99. The van der Waals surface area contributed by atoms with Gasteiger partial charge in [0.1, 0.15) is 0 Å². The second kappa shape index (κ2) is 10.7. The monoisotopic (exact) mass is 182 g/mol. The third-order valence-corrected chi connectivity index (χ3v) is 1.08. The van der Waals surface area contributed by atoms with Gasteiger partial charge in [0, 0.05) is 5.57 Å². The molecule has 3 heteroatoms. The average molecular weight is 182 g/mol. The van der Waals surface area contributed by atoms with Gasteiger partial charge in [0.25, 0.3) is 5.91 Å². The molecule has 0 aliphatic heterocycles. The maximum Gasteiger partial charge on any atom is 0.265 e. The second-order valence-electron chi connectivity index (χ2n) is 1.83. The molecule has 0 spiro atoms. The van der Waals surface area contributed by atoms with E-state index in [1.54, 1.807) is 12.2 Å². The summed E-state index contributed by atoms with van der Waals surface area (Å²) in [5.74, 6) is 4.57. The van der Waals surface area contributed by atoms with Crippen molar-refractivity contribution in [3.05, 3.63) is 36.5 Å². The Kier molecular flexibility index (Phi) is 11.6. The number of allylic oxidation sites excluding steroid dienone is 3. The van der Waals surface area contributed by atoms with Crippen LogP contribution in [0.5, 0.6) is 0 Å². The summed E-state index contributed by atoms with van der Waals surface area (Å²) in [6.45, 7) is 9.32. The maximum absolute atomic E-state index is 10.8. The molecule has 0 aliphatic carbocycles. The topological polar surface area (TPSA) is 55.1 Å². The van der Waals surface area contributed by atoms with Crippen molar-refractivity contribution in [1.82, 2.24) is 5.43 Å². The number of carbonyl (C=O) groups is 1. The first-order chi connectivity index (χ1) is 6.26. The number of amides is 1. The molecule has 74 valence electrons. The van der Waals surface area contributed by atoms with Crippen LogP contribution in [-0.4, -0.2) is 5.91 Å². The molecule has 3 N–H and O–H groups in total. The zero-order chi connectivity index (χ0) is 10.7. The van der Waals surface area contributed by atoms with Crippen LogP contribution in [0.1, 0.15) is 20.8 Å². The Hall–Kier alpha value is -1.35. The molecule has 1 amide bonds. The molecule has 0 saturated heterocycles. The van der Waals surface area contributed by atoms with E-state index in [4.69, 9.17) is 5.84 Å². The first kappa shape index (κ1) is 14.2. The van der Waals surface area contributed by atoms with Gasteiger partial charge in [0.15, 0.2) is 0 Å². The van der Waals surface area contributed by atoms with Gasteiger partial charge in [-0.1, -0.05) is 38.7 Å². The van der Waals surface area contributed by atoms with Crippen molar-refractivity contribution in [3.63, 3.8) is 0 Å². The van der Waals surface area contributed by atoms with Gasteiger partial charge in [0.2, 0.25) is 0 Å². The fourth-order valence-corrected chi connectivity index (χ4v) is 0.520. The van der Waals surface area contributed by atoms with Crippen LogP contribution in [0.15, 0.2) is 36.5 Å². The lowest BCUT2D eigenvalue weighted by molar-refractivity contribution is -0.117. The van der Waals surface area contributed by atoms with Crippen LogP contribution >= 0.6 is 0 Å². The molecular weight excluding hydrogens is 164 g/mol. The minimum atomic E-state index is -0.335. The van der Waals surface area contributed by atoms with Gasteiger partial charge < -0.3 is 0 Å². The van der Waals surface area contributed by atoms with Crippen molar-refractivity contribution in [2.45, 2.75) is 20.8 Å². The summed E-state index contributed by atoms with van der Waals surface area (Å²) in [6, 6.07) is 0. The number of nitrogens with two attached hydrogens (primary N) is 1. The zero-order valence-corrected chi connectivity index (χ0v) is 8.50. The van der Waals surface area contributed by atoms with E-state index in [9.17, 15) is 4.79 Å². The van der Waals surface area contributed by atoms with E-state index in [1.165, 1.54) is 6.08 Å². The van der Waals surface area contributed by atoms with Crippen molar-refractivity contribution in [2.75, 3.05) is 0 Å². The second-order valence-corrected chi connectivity index (χ2v) is 1.83. The number of carbonyl (C=O) groups excluding carboxylic acids is 1. The van der Waals surface area contributed by atoms with E-state index < -0.39 is 0 Å². The summed E-state index contributed by atoms with van der Waals surface area (Å²) in [6.07, 6.45) is 6.64. The molecule has 0 aromatic carbocycles. The van der Waals surface area contributed by atoms with Gasteiger partial charge in [-0.05, 0) is 13.0 Å². The van der Waals surface area contributed by atoms with E-state index in [1.807, 2.05) is 32.3 Å². The molecule has 13 heavy (non-hydrogen) atoms. The van der Waals surface area contributed by atoms with Gasteiger partial charge >= 0.3 is 0 Å². The van der Waals surface area contributed by atoms with E-state index in [2.05, 4.69) is 6.58 Å². The number of nitrogens with one attached hydrogen (secondary N) is 1. The van der Waals surface area contributed by atoms with Crippen LogP contribution in [-0.2, 0) is 4.79 Å². The summed E-state index contributed by atoms with van der Waals surface area (Å²) in [7, 11) is 0. The number of hydrogen-bond acceptors (Lipinski definition) is 2. The Morgan fingerprint density at radius 2 is 2.00 bits per heavy atom. The lowest BCUT2D eigenvalue weighted by Crippen LogP contribution is -2.30. The molecule has 0 heterocycles. The number of rotatable bonds is 3. The van der Waals surface area contributed by atoms with Crippen LogP contribution in [0.25, 0.3) is 0 Å². The largest absolute Gasteiger partial charge is 0.290 e. The summed E-state index contributed by atoms with van der Waals surface area (Å²) < 4.78 is 0. The number of hydrogen-bond donors (Lipinski definition) is 2. The quantitative estimate of drug-likeness (QED) is 0.229. The first-order valence-corrected chi connectivity index (χ1v) is 4.22. The standard InChI is InChI=1S/C8H12N2O.C2H6/c1-3-5-6-7(4-2)8(11)10-9;1-2/h3-6H,2,9H2,1H3,(H,10,11);1-2H3/b5-3-,7-6+;. The maximum atomic E-state index is 10.8. The zero-order valence-electron chi connectivity index (χ0n) is 8.50. The van der Waals surface area contributed by atoms with Gasteiger partial charge in [-0.2, -0.15) is 0 Å². The predicted octanol–water partition coefficient (Wildman–Crippen LogP) is 1.69. The van der Waals surface area contributed by atoms with Crippen molar-refractivity contribution < 1.29 is 4.79 Å². The van der Waals surface area contributed by atoms with Crippen LogP contribution in [0.2, 0.25) is 0 Å². The third kappa shape index (κ3) is 7.03. The summed E-state index contributed by atoms with van der Waals surface area (Å²) in [5.41, 5.74) is 2.46. The molecule has 0 rings (SSSR count). The van der Waals surface area contributed by atoms with Crippen molar-refractivity contribution >= 4 is 5.91 Å². The van der Waals surface area contributed by atoms with Gasteiger partial charge in [-0.15, -0.1) is 0 Å². The Labute approximate surface area is 80.0 Å². The van der Waals surface area contributed by atoms with Crippen molar-refractivity contribution in [3.8, 4) is 0 Å². The molecule has 0 aromatic rings. The van der Waals surface area contributed by atoms with Gasteiger partial charge in [-0.25, -0.2) is 5.84 Å². The van der Waals surface area contributed by atoms with E-state index in [-0.39, 0.29) is 5.91 Å². The molecule has 0 unspecified atom stereocenters. The lowest BCUT2D eigenvalue weighted by Gasteiger charge is -1.96. The van der Waals surface area contributed by atoms with E-state index in [0.717, 1.165) is 0 Å². The Morgan fingerprint density at radius 3 is 2.31 bits per heavy atom. The molecule has 0 fully saturated rings. The van der Waals surface area contributed by atoms with E-state index in [0.29, 0.717) is 5.57 Å². The summed E-state index contributed by atoms with van der Waals surface area (Å²) in [4.78, 5) is 10.8. The smallest absolute Gasteiger partial charge is 0.265 e. The predicted molar refractivity (Wildman–Crippen MR) is 56.8 cm³/mol. The van der Waals surface area contributed by atoms with E-state index >= 15 is 0 Å². The Morgan fingerprint density at radius 1 is 1.46 bits per heavy atom.